The third kappa shape index (κ3) is 2.68. The van der Waals surface area contributed by atoms with Gasteiger partial charge in [0.05, 0.1) is 17.4 Å². The Bertz CT molecular complexity index is 722. The van der Waals surface area contributed by atoms with Crippen LogP contribution in [0, 0.1) is 0 Å². The maximum Gasteiger partial charge on any atom is 0.254 e. The number of rotatable bonds is 3. The lowest BCUT2D eigenvalue weighted by molar-refractivity contribution is -0.119. The molecule has 1 aromatic carbocycles. The fourth-order valence-electron chi connectivity index (χ4n) is 3.15. The van der Waals surface area contributed by atoms with Crippen LogP contribution in [0.25, 0.3) is 11.0 Å². The zero-order chi connectivity index (χ0) is 15.7. The third-order valence-electron chi connectivity index (χ3n) is 4.30. The first-order valence-corrected chi connectivity index (χ1v) is 7.56. The van der Waals surface area contributed by atoms with Crippen molar-refractivity contribution in [3.63, 3.8) is 0 Å². The van der Waals surface area contributed by atoms with Crippen LogP contribution in [0.15, 0.2) is 24.5 Å². The Balaban J connectivity index is 1.87. The summed E-state index contributed by atoms with van der Waals surface area (Å²) in [7, 11) is 1.92. The van der Waals surface area contributed by atoms with E-state index in [1.165, 1.54) is 0 Å². The number of primary amides is 1. The molecule has 1 saturated heterocycles. The molecule has 2 amide bonds. The molecule has 0 saturated carbocycles. The van der Waals surface area contributed by atoms with Crippen LogP contribution in [0.4, 0.5) is 0 Å². The van der Waals surface area contributed by atoms with E-state index in [9.17, 15) is 9.59 Å². The molecule has 0 bridgehead atoms. The van der Waals surface area contributed by atoms with Gasteiger partial charge in [-0.2, -0.15) is 0 Å². The van der Waals surface area contributed by atoms with E-state index < -0.39 is 0 Å². The lowest BCUT2D eigenvalue weighted by Gasteiger charge is -2.35. The summed E-state index contributed by atoms with van der Waals surface area (Å²) in [6, 6.07) is 5.46. The van der Waals surface area contributed by atoms with E-state index in [0.29, 0.717) is 12.1 Å². The number of fused-ring (bicyclic) bond motifs is 1. The molecule has 1 fully saturated rings. The van der Waals surface area contributed by atoms with Crippen LogP contribution in [-0.2, 0) is 11.8 Å². The molecule has 1 aliphatic rings. The van der Waals surface area contributed by atoms with Gasteiger partial charge in [-0.1, -0.05) is 0 Å². The average molecular weight is 300 g/mol. The fraction of sp³-hybridized carbons (Fsp3) is 0.438. The molecule has 1 aliphatic heterocycles. The van der Waals surface area contributed by atoms with Crippen LogP contribution in [-0.4, -0.2) is 38.9 Å². The summed E-state index contributed by atoms with van der Waals surface area (Å²) in [4.78, 5) is 30.1. The molecule has 0 aliphatic carbocycles. The first kappa shape index (κ1) is 14.6. The number of likely N-dealkylation sites (tertiary alicyclic amines) is 1. The molecule has 3 rings (SSSR count). The second-order valence-corrected chi connectivity index (χ2v) is 5.88. The molecule has 6 heteroatoms. The van der Waals surface area contributed by atoms with Gasteiger partial charge in [-0.15, -0.1) is 0 Å². The number of amides is 2. The number of benzene rings is 1. The van der Waals surface area contributed by atoms with Crippen LogP contribution >= 0.6 is 0 Å². The Labute approximate surface area is 128 Å². The lowest BCUT2D eigenvalue weighted by atomic mass is 9.98. The first-order chi connectivity index (χ1) is 10.6. The molecule has 2 N–H and O–H groups in total. The quantitative estimate of drug-likeness (QED) is 0.931. The Morgan fingerprint density at radius 3 is 2.95 bits per heavy atom. The van der Waals surface area contributed by atoms with Crippen LogP contribution in [0.5, 0.6) is 0 Å². The molecular formula is C16H20N4O2. The molecule has 2 heterocycles. The SMILES string of the molecule is Cn1cnc2cc(C(=O)N3CCCC[C@@H]3CC(N)=O)ccc21. The van der Waals surface area contributed by atoms with Gasteiger partial charge in [-0.3, -0.25) is 9.59 Å². The predicted molar refractivity (Wildman–Crippen MR) is 83.2 cm³/mol. The Morgan fingerprint density at radius 1 is 1.36 bits per heavy atom. The molecule has 1 aromatic heterocycles. The molecular weight excluding hydrogens is 280 g/mol. The van der Waals surface area contributed by atoms with Gasteiger partial charge in [0.1, 0.15) is 0 Å². The van der Waals surface area contributed by atoms with Gasteiger partial charge < -0.3 is 15.2 Å². The largest absolute Gasteiger partial charge is 0.370 e. The minimum Gasteiger partial charge on any atom is -0.370 e. The van der Waals surface area contributed by atoms with Crippen molar-refractivity contribution in [2.24, 2.45) is 12.8 Å². The Hall–Kier alpha value is -2.37. The number of aromatic nitrogens is 2. The summed E-state index contributed by atoms with van der Waals surface area (Å²) in [5, 5.41) is 0. The van der Waals surface area contributed by atoms with Crippen LogP contribution in [0.1, 0.15) is 36.0 Å². The van der Waals surface area contributed by atoms with Crippen molar-refractivity contribution < 1.29 is 9.59 Å². The molecule has 116 valence electrons. The van der Waals surface area contributed by atoms with Crippen LogP contribution in [0.3, 0.4) is 0 Å². The van der Waals surface area contributed by atoms with Gasteiger partial charge in [-0.05, 0) is 37.5 Å². The lowest BCUT2D eigenvalue weighted by Crippen LogP contribution is -2.45. The van der Waals surface area contributed by atoms with Gasteiger partial charge in [0.2, 0.25) is 5.91 Å². The number of nitrogens with zero attached hydrogens (tertiary/aromatic N) is 3. The van der Waals surface area contributed by atoms with Gasteiger partial charge in [0, 0.05) is 31.6 Å². The van der Waals surface area contributed by atoms with Crippen molar-refractivity contribution in [2.45, 2.75) is 31.7 Å². The van der Waals surface area contributed by atoms with E-state index >= 15 is 0 Å². The minimum absolute atomic E-state index is 0.0431. The van der Waals surface area contributed by atoms with Gasteiger partial charge in [0.25, 0.3) is 5.91 Å². The number of hydrogen-bond donors (Lipinski definition) is 1. The highest BCUT2D eigenvalue weighted by Crippen LogP contribution is 2.23. The summed E-state index contributed by atoms with van der Waals surface area (Å²) < 4.78 is 1.92. The standard InChI is InChI=1S/C16H20N4O2/c1-19-10-18-13-8-11(5-6-14(13)19)16(22)20-7-3-2-4-12(20)9-15(17)21/h5-6,8,10,12H,2-4,7,9H2,1H3,(H2,17,21)/t12-/m1/s1. The van der Waals surface area contributed by atoms with Crippen molar-refractivity contribution in [3.8, 4) is 0 Å². The minimum atomic E-state index is -0.357. The summed E-state index contributed by atoms with van der Waals surface area (Å²) in [5.41, 5.74) is 7.72. The maximum absolute atomic E-state index is 12.8. The summed E-state index contributed by atoms with van der Waals surface area (Å²) in [5.74, 6) is -0.400. The van der Waals surface area contributed by atoms with Crippen molar-refractivity contribution in [1.82, 2.24) is 14.5 Å². The monoisotopic (exact) mass is 300 g/mol. The van der Waals surface area contributed by atoms with Gasteiger partial charge in [0.15, 0.2) is 0 Å². The topological polar surface area (TPSA) is 81.2 Å². The van der Waals surface area contributed by atoms with Crippen LogP contribution < -0.4 is 5.73 Å². The zero-order valence-electron chi connectivity index (χ0n) is 12.7. The fourth-order valence-corrected chi connectivity index (χ4v) is 3.15. The number of aryl methyl sites for hydroxylation is 1. The van der Waals surface area contributed by atoms with E-state index in [4.69, 9.17) is 5.73 Å². The predicted octanol–water partition coefficient (Wildman–Crippen LogP) is 1.44. The van der Waals surface area contributed by atoms with E-state index in [-0.39, 0.29) is 24.3 Å². The number of hydrogen-bond acceptors (Lipinski definition) is 3. The smallest absolute Gasteiger partial charge is 0.254 e. The van der Waals surface area contributed by atoms with Gasteiger partial charge >= 0.3 is 0 Å². The first-order valence-electron chi connectivity index (χ1n) is 7.56. The molecule has 0 unspecified atom stereocenters. The van der Waals surface area contributed by atoms with Crippen molar-refractivity contribution in [1.29, 1.82) is 0 Å². The van der Waals surface area contributed by atoms with E-state index in [0.717, 1.165) is 30.3 Å². The van der Waals surface area contributed by atoms with Crippen molar-refractivity contribution >= 4 is 22.8 Å². The number of imidazole rings is 1. The summed E-state index contributed by atoms with van der Waals surface area (Å²) >= 11 is 0. The highest BCUT2D eigenvalue weighted by Gasteiger charge is 2.28. The second kappa shape index (κ2) is 5.79. The normalized spacial score (nSPS) is 18.6. The zero-order valence-corrected chi connectivity index (χ0v) is 12.7. The molecule has 1 atom stereocenters. The van der Waals surface area contributed by atoms with Crippen molar-refractivity contribution in [2.75, 3.05) is 6.54 Å². The molecule has 22 heavy (non-hydrogen) atoms. The summed E-state index contributed by atoms with van der Waals surface area (Å²) in [6.45, 7) is 0.678. The number of nitrogens with two attached hydrogens (primary N) is 1. The molecule has 6 nitrogen and oxygen atoms in total. The molecule has 2 aromatic rings. The van der Waals surface area contributed by atoms with E-state index in [1.54, 1.807) is 11.2 Å². The molecule has 0 spiro atoms. The van der Waals surface area contributed by atoms with E-state index in [1.807, 2.05) is 29.8 Å². The molecule has 0 radical (unpaired) electrons. The van der Waals surface area contributed by atoms with E-state index in [2.05, 4.69) is 4.98 Å². The van der Waals surface area contributed by atoms with Crippen LogP contribution in [0.2, 0.25) is 0 Å². The third-order valence-corrected chi connectivity index (χ3v) is 4.30. The maximum atomic E-state index is 12.8. The number of carbonyl (C=O) groups excluding carboxylic acids is 2. The average Bonchev–Trinajstić information content (AvgIpc) is 2.87. The number of carbonyl (C=O) groups is 2. The number of piperidine rings is 1. The Morgan fingerprint density at radius 2 is 2.18 bits per heavy atom. The van der Waals surface area contributed by atoms with Crippen molar-refractivity contribution in [3.05, 3.63) is 30.1 Å². The Kier molecular flexibility index (Phi) is 3.83. The highest BCUT2D eigenvalue weighted by molar-refractivity contribution is 5.97. The second-order valence-electron chi connectivity index (χ2n) is 5.88. The van der Waals surface area contributed by atoms with Gasteiger partial charge in [-0.25, -0.2) is 4.98 Å². The summed E-state index contributed by atoms with van der Waals surface area (Å²) in [6.07, 6.45) is 4.79. The highest BCUT2D eigenvalue weighted by atomic mass is 16.2.